The molecule has 1 aromatic carbocycles. The van der Waals surface area contributed by atoms with Crippen molar-refractivity contribution in [1.82, 2.24) is 14.9 Å². The molecule has 132 valence electrons. The summed E-state index contributed by atoms with van der Waals surface area (Å²) in [4.78, 5) is 16.4. The van der Waals surface area contributed by atoms with Crippen LogP contribution in [-0.4, -0.2) is 40.5 Å². The number of hydrogen-bond donors (Lipinski definition) is 1. The number of imidazole rings is 1. The smallest absolute Gasteiger partial charge is 0.230 e. The molecule has 1 N–H and O–H groups in total. The van der Waals surface area contributed by atoms with E-state index < -0.39 is 0 Å². The predicted molar refractivity (Wildman–Crippen MR) is 101 cm³/mol. The SMILES string of the molecule is C=CCNC(=O)CSc1ncc(-c2ccccc2)n1C[C@H]1CCCO1. The van der Waals surface area contributed by atoms with Gasteiger partial charge >= 0.3 is 0 Å². The molecule has 1 saturated heterocycles. The Morgan fingerprint density at radius 2 is 2.28 bits per heavy atom. The maximum Gasteiger partial charge on any atom is 0.230 e. The van der Waals surface area contributed by atoms with Gasteiger partial charge in [0.15, 0.2) is 5.16 Å². The minimum absolute atomic E-state index is 0.0159. The monoisotopic (exact) mass is 357 g/mol. The highest BCUT2D eigenvalue weighted by atomic mass is 32.2. The molecule has 0 unspecified atom stereocenters. The van der Waals surface area contributed by atoms with Crippen LogP contribution in [-0.2, 0) is 16.1 Å². The van der Waals surface area contributed by atoms with Gasteiger partial charge in [0.1, 0.15) is 0 Å². The van der Waals surface area contributed by atoms with Gasteiger partial charge in [0.05, 0.1) is 30.3 Å². The standard InChI is InChI=1S/C19H23N3O2S/c1-2-10-20-18(23)14-25-19-21-12-17(15-7-4-3-5-8-15)22(19)13-16-9-6-11-24-16/h2-5,7-8,12,16H,1,6,9-11,13-14H2,(H,20,23)/t16-/m1/s1. The molecule has 1 aliphatic rings. The third-order valence-corrected chi connectivity index (χ3v) is 5.07. The van der Waals surface area contributed by atoms with Crippen molar-refractivity contribution in [3.05, 3.63) is 49.2 Å². The van der Waals surface area contributed by atoms with Crippen molar-refractivity contribution in [2.24, 2.45) is 0 Å². The summed E-state index contributed by atoms with van der Waals surface area (Å²) < 4.78 is 7.98. The lowest BCUT2D eigenvalue weighted by atomic mass is 10.1. The Morgan fingerprint density at radius 3 is 3.00 bits per heavy atom. The van der Waals surface area contributed by atoms with E-state index in [0.29, 0.717) is 12.3 Å². The number of carbonyl (C=O) groups is 1. The van der Waals surface area contributed by atoms with Crippen LogP contribution >= 0.6 is 11.8 Å². The molecule has 0 spiro atoms. The summed E-state index contributed by atoms with van der Waals surface area (Å²) in [6.45, 7) is 5.68. The Labute approximate surface area is 152 Å². The molecule has 25 heavy (non-hydrogen) atoms. The summed E-state index contributed by atoms with van der Waals surface area (Å²) in [7, 11) is 0. The molecular weight excluding hydrogens is 334 g/mol. The molecule has 0 saturated carbocycles. The van der Waals surface area contributed by atoms with Crippen molar-refractivity contribution in [3.8, 4) is 11.3 Å². The van der Waals surface area contributed by atoms with E-state index in [1.54, 1.807) is 6.08 Å². The van der Waals surface area contributed by atoms with Crippen LogP contribution in [0.5, 0.6) is 0 Å². The molecule has 2 heterocycles. The van der Waals surface area contributed by atoms with E-state index in [-0.39, 0.29) is 12.0 Å². The normalized spacial score (nSPS) is 16.7. The van der Waals surface area contributed by atoms with Crippen LogP contribution in [0.15, 0.2) is 54.3 Å². The van der Waals surface area contributed by atoms with E-state index in [0.717, 1.165) is 42.4 Å². The van der Waals surface area contributed by atoms with Gasteiger partial charge < -0.3 is 14.6 Å². The first kappa shape index (κ1) is 17.8. The van der Waals surface area contributed by atoms with Crippen molar-refractivity contribution in [1.29, 1.82) is 0 Å². The highest BCUT2D eigenvalue weighted by Gasteiger charge is 2.21. The molecule has 1 fully saturated rings. The van der Waals surface area contributed by atoms with Gasteiger partial charge in [-0.25, -0.2) is 4.98 Å². The van der Waals surface area contributed by atoms with Gasteiger partial charge in [0.25, 0.3) is 0 Å². The quantitative estimate of drug-likeness (QED) is 0.583. The van der Waals surface area contributed by atoms with Gasteiger partial charge in [0, 0.05) is 13.2 Å². The summed E-state index contributed by atoms with van der Waals surface area (Å²) >= 11 is 1.45. The molecule has 1 aromatic heterocycles. The zero-order valence-corrected chi connectivity index (χ0v) is 15.0. The summed E-state index contributed by atoms with van der Waals surface area (Å²) in [5, 5.41) is 3.64. The fourth-order valence-corrected chi connectivity index (χ4v) is 3.67. The van der Waals surface area contributed by atoms with Crippen molar-refractivity contribution >= 4 is 17.7 Å². The van der Waals surface area contributed by atoms with E-state index in [2.05, 4.69) is 33.6 Å². The number of aromatic nitrogens is 2. The number of hydrogen-bond acceptors (Lipinski definition) is 4. The van der Waals surface area contributed by atoms with Crippen molar-refractivity contribution in [2.75, 3.05) is 18.9 Å². The first-order chi connectivity index (χ1) is 12.3. The van der Waals surface area contributed by atoms with Crippen molar-refractivity contribution in [2.45, 2.75) is 30.6 Å². The summed E-state index contributed by atoms with van der Waals surface area (Å²) in [5.41, 5.74) is 2.18. The molecule has 5 nitrogen and oxygen atoms in total. The fraction of sp³-hybridized carbons (Fsp3) is 0.368. The second kappa shape index (κ2) is 8.87. The molecule has 2 aromatic rings. The summed E-state index contributed by atoms with van der Waals surface area (Å²) in [6, 6.07) is 10.2. The van der Waals surface area contributed by atoms with Gasteiger partial charge in [0.2, 0.25) is 5.91 Å². The van der Waals surface area contributed by atoms with Gasteiger partial charge in [-0.1, -0.05) is 48.2 Å². The molecule has 0 aliphatic carbocycles. The van der Waals surface area contributed by atoms with Crippen molar-refractivity contribution < 1.29 is 9.53 Å². The fourth-order valence-electron chi connectivity index (χ4n) is 2.85. The topological polar surface area (TPSA) is 56.2 Å². The Balaban J connectivity index is 1.78. The predicted octanol–water partition coefficient (Wildman–Crippen LogP) is 3.12. The number of thioether (sulfide) groups is 1. The number of ether oxygens (including phenoxy) is 1. The van der Waals surface area contributed by atoms with Crippen LogP contribution in [0.25, 0.3) is 11.3 Å². The highest BCUT2D eigenvalue weighted by Crippen LogP contribution is 2.28. The van der Waals surface area contributed by atoms with Crippen LogP contribution in [0.1, 0.15) is 12.8 Å². The van der Waals surface area contributed by atoms with Crippen LogP contribution in [0.2, 0.25) is 0 Å². The van der Waals surface area contributed by atoms with E-state index in [9.17, 15) is 4.79 Å². The molecule has 6 heteroatoms. The number of amides is 1. The lowest BCUT2D eigenvalue weighted by molar-refractivity contribution is -0.118. The Kier molecular flexibility index (Phi) is 6.30. The van der Waals surface area contributed by atoms with Gasteiger partial charge in [-0.3, -0.25) is 4.79 Å². The zero-order valence-electron chi connectivity index (χ0n) is 14.2. The Morgan fingerprint density at radius 1 is 1.44 bits per heavy atom. The van der Waals surface area contributed by atoms with Gasteiger partial charge in [-0.2, -0.15) is 0 Å². The van der Waals surface area contributed by atoms with Crippen LogP contribution in [0.4, 0.5) is 0 Å². The average Bonchev–Trinajstić information content (AvgIpc) is 3.29. The van der Waals surface area contributed by atoms with Crippen LogP contribution < -0.4 is 5.32 Å². The van der Waals surface area contributed by atoms with E-state index in [1.807, 2.05) is 24.4 Å². The maximum atomic E-state index is 11.9. The third kappa shape index (κ3) is 4.74. The minimum atomic E-state index is -0.0159. The van der Waals surface area contributed by atoms with Crippen LogP contribution in [0, 0.1) is 0 Å². The molecule has 1 amide bonds. The summed E-state index contributed by atoms with van der Waals surface area (Å²) in [5.74, 6) is 0.322. The van der Waals surface area contributed by atoms with Crippen molar-refractivity contribution in [3.63, 3.8) is 0 Å². The lowest BCUT2D eigenvalue weighted by Gasteiger charge is -2.16. The average molecular weight is 357 g/mol. The van der Waals surface area contributed by atoms with E-state index in [4.69, 9.17) is 4.74 Å². The minimum Gasteiger partial charge on any atom is -0.376 e. The largest absolute Gasteiger partial charge is 0.376 e. The summed E-state index contributed by atoms with van der Waals surface area (Å²) in [6.07, 6.45) is 5.94. The second-order valence-electron chi connectivity index (χ2n) is 5.92. The van der Waals surface area contributed by atoms with E-state index in [1.165, 1.54) is 11.8 Å². The first-order valence-electron chi connectivity index (χ1n) is 8.51. The number of nitrogens with zero attached hydrogens (tertiary/aromatic N) is 2. The number of nitrogens with one attached hydrogen (secondary N) is 1. The van der Waals surface area contributed by atoms with Gasteiger partial charge in [-0.15, -0.1) is 6.58 Å². The lowest BCUT2D eigenvalue weighted by Crippen LogP contribution is -2.25. The van der Waals surface area contributed by atoms with Crippen LogP contribution in [0.3, 0.4) is 0 Å². The second-order valence-corrected chi connectivity index (χ2v) is 6.86. The Hall–Kier alpha value is -2.05. The third-order valence-electron chi connectivity index (χ3n) is 4.07. The number of benzene rings is 1. The van der Waals surface area contributed by atoms with E-state index >= 15 is 0 Å². The maximum absolute atomic E-state index is 11.9. The number of carbonyl (C=O) groups excluding carboxylic acids is 1. The molecule has 0 bridgehead atoms. The molecule has 1 aliphatic heterocycles. The highest BCUT2D eigenvalue weighted by molar-refractivity contribution is 7.99. The molecule has 0 radical (unpaired) electrons. The molecule has 3 rings (SSSR count). The zero-order chi connectivity index (χ0) is 17.5. The van der Waals surface area contributed by atoms with Gasteiger partial charge in [-0.05, 0) is 18.4 Å². The number of rotatable bonds is 8. The molecule has 1 atom stereocenters. The molecular formula is C19H23N3O2S. The first-order valence-corrected chi connectivity index (χ1v) is 9.49. The Bertz CT molecular complexity index is 709.